The van der Waals surface area contributed by atoms with E-state index < -0.39 is 0 Å². The number of phenols is 1. The molecule has 0 unspecified atom stereocenters. The second-order valence-electron chi connectivity index (χ2n) is 5.22. The molecule has 0 aliphatic heterocycles. The summed E-state index contributed by atoms with van der Waals surface area (Å²) in [7, 11) is 0. The van der Waals surface area contributed by atoms with Gasteiger partial charge in [0, 0.05) is 0 Å². The summed E-state index contributed by atoms with van der Waals surface area (Å²) in [4.78, 5) is 2.02. The van der Waals surface area contributed by atoms with Crippen LogP contribution in [0.3, 0.4) is 0 Å². The molecule has 0 fully saturated rings. The monoisotopic (exact) mass is 312 g/mol. The lowest BCUT2D eigenvalue weighted by Crippen LogP contribution is -1.89. The quantitative estimate of drug-likeness (QED) is 0.414. The van der Waals surface area contributed by atoms with Crippen molar-refractivity contribution >= 4 is 23.5 Å². The number of rotatable bonds is 10. The van der Waals surface area contributed by atoms with Crippen molar-refractivity contribution in [3.63, 3.8) is 0 Å². The Morgan fingerprint density at radius 2 is 1.35 bits per heavy atom. The van der Waals surface area contributed by atoms with Crippen molar-refractivity contribution in [2.75, 3.05) is 12.5 Å². The summed E-state index contributed by atoms with van der Waals surface area (Å²) in [5.74, 6) is 0.452. The maximum absolute atomic E-state index is 10.1. The highest BCUT2D eigenvalue weighted by Crippen LogP contribution is 2.36. The number of phenolic OH excluding ortho intramolecular Hbond substituents is 1. The molecule has 1 N–H and O–H groups in total. The van der Waals surface area contributed by atoms with Gasteiger partial charge in [0.2, 0.25) is 0 Å². The second kappa shape index (κ2) is 10.4. The molecule has 0 aliphatic carbocycles. The Labute approximate surface area is 132 Å². The van der Waals surface area contributed by atoms with Crippen LogP contribution < -0.4 is 0 Å². The molecule has 0 amide bonds. The van der Waals surface area contributed by atoms with Crippen LogP contribution in [0.5, 0.6) is 5.75 Å². The van der Waals surface area contributed by atoms with E-state index >= 15 is 0 Å². The predicted octanol–water partition coefficient (Wildman–Crippen LogP) is 6.13. The molecule has 20 heavy (non-hydrogen) atoms. The third kappa shape index (κ3) is 6.01. The number of benzene rings is 1. The van der Waals surface area contributed by atoms with Crippen LogP contribution in [0.25, 0.3) is 0 Å². The number of aryl methyl sites for hydroxylation is 1. The maximum Gasteiger partial charge on any atom is 0.142 e. The van der Waals surface area contributed by atoms with Gasteiger partial charge in [0.15, 0.2) is 0 Å². The van der Waals surface area contributed by atoms with E-state index in [1.807, 2.05) is 12.5 Å². The molecule has 0 aliphatic rings. The lowest BCUT2D eigenvalue weighted by molar-refractivity contribution is 0.448. The van der Waals surface area contributed by atoms with Crippen molar-refractivity contribution in [3.05, 3.63) is 17.7 Å². The Morgan fingerprint density at radius 3 is 1.85 bits per heavy atom. The molecular formula is C17H28OS2. The zero-order chi connectivity index (χ0) is 14.8. The van der Waals surface area contributed by atoms with Crippen LogP contribution in [-0.2, 0) is 6.42 Å². The van der Waals surface area contributed by atoms with E-state index in [4.69, 9.17) is 0 Å². The van der Waals surface area contributed by atoms with Crippen molar-refractivity contribution in [2.45, 2.75) is 68.1 Å². The third-order valence-electron chi connectivity index (χ3n) is 3.61. The molecule has 0 aromatic heterocycles. The molecule has 0 radical (unpaired) electrons. The van der Waals surface area contributed by atoms with Gasteiger partial charge in [-0.05, 0) is 43.0 Å². The third-order valence-corrected chi connectivity index (χ3v) is 5.11. The number of hydrogen-bond donors (Lipinski definition) is 1. The summed E-state index contributed by atoms with van der Waals surface area (Å²) >= 11 is 3.26. The first-order valence-electron chi connectivity index (χ1n) is 7.66. The Kier molecular flexibility index (Phi) is 9.28. The highest BCUT2D eigenvalue weighted by Gasteiger charge is 2.08. The average molecular weight is 313 g/mol. The largest absolute Gasteiger partial charge is 0.506 e. The molecule has 0 spiro atoms. The van der Waals surface area contributed by atoms with Gasteiger partial charge in [-0.2, -0.15) is 0 Å². The molecule has 3 heteroatoms. The van der Waals surface area contributed by atoms with Crippen LogP contribution in [0.15, 0.2) is 21.9 Å². The molecule has 1 nitrogen and oxygen atoms in total. The minimum atomic E-state index is 0.452. The van der Waals surface area contributed by atoms with Crippen LogP contribution in [-0.4, -0.2) is 17.6 Å². The summed E-state index contributed by atoms with van der Waals surface area (Å²) < 4.78 is 0. The minimum absolute atomic E-state index is 0.452. The Balaban J connectivity index is 2.40. The minimum Gasteiger partial charge on any atom is -0.506 e. The van der Waals surface area contributed by atoms with Crippen molar-refractivity contribution in [3.8, 4) is 5.75 Å². The molecule has 114 valence electrons. The van der Waals surface area contributed by atoms with Gasteiger partial charge >= 0.3 is 0 Å². The van der Waals surface area contributed by atoms with E-state index in [9.17, 15) is 5.11 Å². The molecule has 0 heterocycles. The number of unbranched alkanes of at least 4 members (excludes halogenated alkanes) is 6. The summed E-state index contributed by atoms with van der Waals surface area (Å²) in [5.41, 5.74) is 1.37. The Bertz CT molecular complexity index is 366. The van der Waals surface area contributed by atoms with Crippen molar-refractivity contribution in [1.29, 1.82) is 0 Å². The molecule has 0 atom stereocenters. The van der Waals surface area contributed by atoms with Crippen LogP contribution in [0, 0.1) is 0 Å². The summed E-state index contributed by atoms with van der Waals surface area (Å²) in [5, 5.41) is 10.1. The zero-order valence-electron chi connectivity index (χ0n) is 13.1. The fraction of sp³-hybridized carbons (Fsp3) is 0.647. The molecule has 0 saturated heterocycles. The summed E-state index contributed by atoms with van der Waals surface area (Å²) in [6, 6.07) is 4.30. The van der Waals surface area contributed by atoms with Gasteiger partial charge in [-0.1, -0.05) is 45.4 Å². The van der Waals surface area contributed by atoms with E-state index in [-0.39, 0.29) is 0 Å². The molecule has 0 saturated carbocycles. The van der Waals surface area contributed by atoms with E-state index in [2.05, 4.69) is 19.1 Å². The predicted molar refractivity (Wildman–Crippen MR) is 93.4 cm³/mol. The van der Waals surface area contributed by atoms with Gasteiger partial charge in [-0.3, -0.25) is 0 Å². The number of aromatic hydroxyl groups is 1. The van der Waals surface area contributed by atoms with Crippen LogP contribution in [0.2, 0.25) is 0 Å². The normalized spacial score (nSPS) is 10.9. The first kappa shape index (κ1) is 17.8. The molecular weight excluding hydrogens is 284 g/mol. The average Bonchev–Trinajstić information content (AvgIpc) is 2.47. The first-order chi connectivity index (χ1) is 9.72. The molecule has 0 bridgehead atoms. The van der Waals surface area contributed by atoms with E-state index in [1.165, 1.54) is 50.5 Å². The van der Waals surface area contributed by atoms with Gasteiger partial charge in [0.1, 0.15) is 5.75 Å². The highest BCUT2D eigenvalue weighted by molar-refractivity contribution is 7.99. The Morgan fingerprint density at radius 1 is 0.850 bits per heavy atom. The summed E-state index contributed by atoms with van der Waals surface area (Å²) in [6.07, 6.45) is 14.6. The van der Waals surface area contributed by atoms with E-state index in [0.717, 1.165) is 16.2 Å². The second-order valence-corrected chi connectivity index (χ2v) is 6.92. The Hall–Kier alpha value is -0.280. The van der Waals surface area contributed by atoms with Crippen LogP contribution >= 0.6 is 23.5 Å². The van der Waals surface area contributed by atoms with Gasteiger partial charge in [0.05, 0.1) is 9.79 Å². The van der Waals surface area contributed by atoms with Crippen molar-refractivity contribution < 1.29 is 5.11 Å². The van der Waals surface area contributed by atoms with Crippen molar-refractivity contribution in [2.24, 2.45) is 0 Å². The fourth-order valence-electron chi connectivity index (χ4n) is 2.38. The zero-order valence-corrected chi connectivity index (χ0v) is 14.7. The highest BCUT2D eigenvalue weighted by atomic mass is 32.2. The van der Waals surface area contributed by atoms with Crippen LogP contribution in [0.4, 0.5) is 0 Å². The van der Waals surface area contributed by atoms with Gasteiger partial charge in [0.25, 0.3) is 0 Å². The van der Waals surface area contributed by atoms with Gasteiger partial charge in [-0.25, -0.2) is 0 Å². The maximum atomic E-state index is 10.1. The lowest BCUT2D eigenvalue weighted by Gasteiger charge is -2.10. The van der Waals surface area contributed by atoms with E-state index in [0.29, 0.717) is 5.75 Å². The van der Waals surface area contributed by atoms with Gasteiger partial charge < -0.3 is 5.11 Å². The summed E-state index contributed by atoms with van der Waals surface area (Å²) in [6.45, 7) is 2.26. The number of hydrogen-bond acceptors (Lipinski definition) is 3. The van der Waals surface area contributed by atoms with Crippen molar-refractivity contribution in [1.82, 2.24) is 0 Å². The van der Waals surface area contributed by atoms with E-state index in [1.54, 1.807) is 23.5 Å². The lowest BCUT2D eigenvalue weighted by atomic mass is 10.0. The smallest absolute Gasteiger partial charge is 0.142 e. The van der Waals surface area contributed by atoms with Crippen LogP contribution in [0.1, 0.15) is 57.4 Å². The molecule has 1 aromatic rings. The molecule has 1 aromatic carbocycles. The first-order valence-corrected chi connectivity index (χ1v) is 10.1. The number of thioether (sulfide) groups is 2. The topological polar surface area (TPSA) is 20.2 Å². The standard InChI is InChI=1S/C17H28OS2/c1-4-5-6-7-8-9-10-11-14-12-15(19-2)17(18)16(13-14)20-3/h12-13,18H,4-11H2,1-3H3. The fourth-order valence-corrected chi connectivity index (χ4v) is 3.59. The SMILES string of the molecule is CCCCCCCCCc1cc(SC)c(O)c(SC)c1. The van der Waals surface area contributed by atoms with Gasteiger partial charge in [-0.15, -0.1) is 23.5 Å². The molecule has 1 rings (SSSR count).